The second-order valence-corrected chi connectivity index (χ2v) is 16.5. The predicted octanol–water partition coefficient (Wildman–Crippen LogP) is 14.0. The maximum atomic E-state index is 11.7. The third-order valence-corrected chi connectivity index (χ3v) is 11.2. The van der Waals surface area contributed by atoms with E-state index in [1.54, 1.807) is 11.3 Å². The molecule has 1 radical (unpaired) electrons. The number of nitrogens with zero attached hydrogens (tertiary/aromatic N) is 1. The van der Waals surface area contributed by atoms with E-state index in [-0.39, 0.29) is 48.9 Å². The van der Waals surface area contributed by atoms with Gasteiger partial charge >= 0.3 is 0 Å². The molecule has 0 aliphatic heterocycles. The molecular weight excluding hydrogens is 851 g/mol. The Kier molecular flexibility index (Phi) is 14.5. The van der Waals surface area contributed by atoms with Gasteiger partial charge in [-0.3, -0.25) is 9.78 Å². The number of aliphatic hydroxyl groups is 1. The Morgan fingerprint density at radius 3 is 2.25 bits per heavy atom. The molecule has 0 bridgehead atoms. The summed E-state index contributed by atoms with van der Waals surface area (Å²) in [5, 5.41) is 15.5. The summed E-state index contributed by atoms with van der Waals surface area (Å²) < 4.78 is 7.56. The summed E-state index contributed by atoms with van der Waals surface area (Å²) in [6.45, 7) is 21.5. The molecule has 6 rings (SSSR count). The molecule has 3 heterocycles. The number of aryl methyl sites for hydroxylation is 1. The molecule has 283 valence electrons. The van der Waals surface area contributed by atoms with E-state index < -0.39 is 0 Å². The Bertz CT molecular complexity index is 2190. The average molecular weight is 907 g/mol. The number of thiophene rings is 1. The van der Waals surface area contributed by atoms with Gasteiger partial charge in [-0.2, -0.15) is 0 Å². The van der Waals surface area contributed by atoms with Gasteiger partial charge in [-0.1, -0.05) is 110 Å². The van der Waals surface area contributed by atoms with Gasteiger partial charge in [0.2, 0.25) is 0 Å². The molecule has 3 aromatic carbocycles. The van der Waals surface area contributed by atoms with Crippen molar-refractivity contribution in [1.82, 2.24) is 4.98 Å². The molecule has 4 nitrogen and oxygen atoms in total. The number of hydrogen-bond acceptors (Lipinski definition) is 5. The number of carbonyl (C=O) groups is 1. The third-order valence-electron chi connectivity index (χ3n) is 10.3. The molecule has 0 aliphatic carbocycles. The van der Waals surface area contributed by atoms with Crippen LogP contribution in [0.4, 0.5) is 0 Å². The Labute approximate surface area is 334 Å². The van der Waals surface area contributed by atoms with Gasteiger partial charge in [-0.15, -0.1) is 40.5 Å². The zero-order chi connectivity index (χ0) is 37.7. The summed E-state index contributed by atoms with van der Waals surface area (Å²) in [6.07, 6.45) is 5.86. The number of aromatic nitrogens is 1. The van der Waals surface area contributed by atoms with Crippen LogP contribution in [0.15, 0.2) is 82.3 Å². The first-order valence-electron chi connectivity index (χ1n) is 19.1. The summed E-state index contributed by atoms with van der Waals surface area (Å²) in [7, 11) is 0. The topological polar surface area (TPSA) is 63.3 Å². The molecule has 6 aromatic rings. The van der Waals surface area contributed by atoms with Crippen LogP contribution >= 0.6 is 11.3 Å². The average Bonchev–Trinajstić information content (AvgIpc) is 3.71. The van der Waals surface area contributed by atoms with E-state index in [1.165, 1.54) is 38.2 Å². The fraction of sp³-hybridized carbons (Fsp3) is 0.404. The molecule has 0 saturated carbocycles. The first-order valence-corrected chi connectivity index (χ1v) is 20.0. The molecule has 0 fully saturated rings. The summed E-state index contributed by atoms with van der Waals surface area (Å²) >= 11 is 1.74. The maximum absolute atomic E-state index is 11.7. The number of pyridine rings is 1. The fourth-order valence-electron chi connectivity index (χ4n) is 7.09. The van der Waals surface area contributed by atoms with Crippen molar-refractivity contribution in [3.63, 3.8) is 0 Å². The van der Waals surface area contributed by atoms with Crippen LogP contribution in [0, 0.1) is 30.7 Å². The predicted molar refractivity (Wildman–Crippen MR) is 222 cm³/mol. The number of hydrogen-bond donors (Lipinski definition) is 1. The zero-order valence-corrected chi connectivity index (χ0v) is 36.4. The molecule has 6 heteroatoms. The van der Waals surface area contributed by atoms with E-state index in [1.807, 2.05) is 27.7 Å². The molecule has 3 aromatic heterocycles. The maximum Gasteiger partial charge on any atom is 0.162 e. The number of fused-ring (bicyclic) bond motifs is 3. The molecule has 53 heavy (non-hydrogen) atoms. The van der Waals surface area contributed by atoms with Crippen LogP contribution in [-0.2, 0) is 36.7 Å². The summed E-state index contributed by atoms with van der Waals surface area (Å²) in [5.74, 6) is 2.20. The van der Waals surface area contributed by atoms with Gasteiger partial charge < -0.3 is 9.52 Å². The van der Waals surface area contributed by atoms with Crippen LogP contribution in [-0.4, -0.2) is 15.9 Å². The molecule has 0 aliphatic rings. The van der Waals surface area contributed by atoms with Crippen LogP contribution < -0.4 is 0 Å². The fourth-order valence-corrected chi connectivity index (χ4v) is 7.96. The van der Waals surface area contributed by atoms with Crippen molar-refractivity contribution in [2.45, 2.75) is 107 Å². The number of allylic oxidation sites excluding steroid dienone is 2. The van der Waals surface area contributed by atoms with Gasteiger partial charge in [0.1, 0.15) is 11.3 Å². The standard InChI is InChI=1S/C34H32NOS.C13H24O2.Ir/c1-20(2)15-31-21(3)25-12-11-23(18-32(25)36-31)27-19-30(35-29-13-14-37-33(27)29)24-16-22-9-7-8-10-26(22)28(17-24)34(4,5)6;1-5-10(6-2)12(14)9-13(15)11(7-3)8-4;/h7-14,17-20H,15H2,1-6H3;9-11,14H,5-8H2,1-4H3;/q-1;;/b;12-9-;. The van der Waals surface area contributed by atoms with E-state index in [0.717, 1.165) is 71.2 Å². The largest absolute Gasteiger partial charge is 0.512 e. The Hall–Kier alpha value is -3.57. The Morgan fingerprint density at radius 1 is 0.925 bits per heavy atom. The van der Waals surface area contributed by atoms with Gasteiger partial charge in [0, 0.05) is 55.5 Å². The zero-order valence-electron chi connectivity index (χ0n) is 33.1. The number of benzene rings is 3. The number of ketones is 1. The van der Waals surface area contributed by atoms with Crippen molar-refractivity contribution in [1.29, 1.82) is 0 Å². The van der Waals surface area contributed by atoms with Crippen molar-refractivity contribution in [2.24, 2.45) is 17.8 Å². The van der Waals surface area contributed by atoms with Crippen molar-refractivity contribution in [2.75, 3.05) is 0 Å². The van der Waals surface area contributed by atoms with E-state index >= 15 is 0 Å². The number of furan rings is 1. The SMILES string of the molecule is CCC(CC)C(=O)/C=C(\O)C(CC)CC.Cc1c(CC(C)C)oc2cc(-c3cc(-c4[c-]c5ccccc5c(C(C)(C)C)c4)nc4ccsc34)ccc12.[Ir]. The van der Waals surface area contributed by atoms with Crippen molar-refractivity contribution >= 4 is 49.1 Å². The summed E-state index contributed by atoms with van der Waals surface area (Å²) in [4.78, 5) is 16.8. The number of carbonyl (C=O) groups excluding carboxylic acids is 1. The minimum absolute atomic E-state index is 0. The van der Waals surface area contributed by atoms with E-state index in [2.05, 4.69) is 114 Å². The van der Waals surface area contributed by atoms with Crippen molar-refractivity contribution < 1.29 is 34.4 Å². The monoisotopic (exact) mass is 907 g/mol. The summed E-state index contributed by atoms with van der Waals surface area (Å²) in [6, 6.07) is 25.5. The molecule has 0 unspecified atom stereocenters. The van der Waals surface area contributed by atoms with Crippen molar-refractivity contribution in [3.8, 4) is 22.4 Å². The van der Waals surface area contributed by atoms with Gasteiger partial charge in [0.15, 0.2) is 5.78 Å². The number of aliphatic hydroxyl groups excluding tert-OH is 1. The molecule has 1 N–H and O–H groups in total. The van der Waals surface area contributed by atoms with E-state index in [4.69, 9.17) is 9.40 Å². The van der Waals surface area contributed by atoms with Gasteiger partial charge in [-0.05, 0) is 78.1 Å². The number of rotatable bonds is 11. The molecular formula is C47H56IrNO3S-. The third kappa shape index (κ3) is 9.57. The minimum atomic E-state index is 0. The second kappa shape index (κ2) is 18.2. The quantitative estimate of drug-likeness (QED) is 0.0799. The van der Waals surface area contributed by atoms with E-state index in [9.17, 15) is 9.90 Å². The van der Waals surface area contributed by atoms with Gasteiger partial charge in [-0.25, -0.2) is 0 Å². The van der Waals surface area contributed by atoms with Crippen LogP contribution in [0.3, 0.4) is 0 Å². The molecule has 0 atom stereocenters. The second-order valence-electron chi connectivity index (χ2n) is 15.5. The van der Waals surface area contributed by atoms with Crippen LogP contribution in [0.1, 0.15) is 105 Å². The van der Waals surface area contributed by atoms with Crippen LogP contribution in [0.2, 0.25) is 0 Å². The van der Waals surface area contributed by atoms with Crippen molar-refractivity contribution in [3.05, 3.63) is 101 Å². The van der Waals surface area contributed by atoms with Gasteiger partial charge in [0.05, 0.1) is 16.0 Å². The Morgan fingerprint density at radius 2 is 1.60 bits per heavy atom. The molecule has 0 saturated heterocycles. The van der Waals surface area contributed by atoms with Gasteiger partial charge in [0.25, 0.3) is 0 Å². The first-order chi connectivity index (χ1) is 24.8. The summed E-state index contributed by atoms with van der Waals surface area (Å²) in [5.41, 5.74) is 8.90. The Balaban J connectivity index is 0.000000335. The minimum Gasteiger partial charge on any atom is -0.512 e. The van der Waals surface area contributed by atoms with Crippen LogP contribution in [0.25, 0.3) is 54.3 Å². The van der Waals surface area contributed by atoms with E-state index in [0.29, 0.717) is 5.92 Å². The first kappa shape index (κ1) is 42.2. The van der Waals surface area contributed by atoms with Crippen LogP contribution in [0.5, 0.6) is 0 Å². The smallest absolute Gasteiger partial charge is 0.162 e. The molecule has 0 amide bonds. The molecule has 0 spiro atoms. The normalized spacial score (nSPS) is 12.2.